The Bertz CT molecular complexity index is 1160. The van der Waals surface area contributed by atoms with Gasteiger partial charge in [0.1, 0.15) is 11.6 Å². The van der Waals surface area contributed by atoms with Crippen LogP contribution >= 0.6 is 0 Å². The molecule has 0 radical (unpaired) electrons. The van der Waals surface area contributed by atoms with Crippen LogP contribution in [0, 0.1) is 24.4 Å². The van der Waals surface area contributed by atoms with E-state index in [1.165, 1.54) is 28.0 Å². The second-order valence-electron chi connectivity index (χ2n) is 6.34. The third kappa shape index (κ3) is 3.24. The molecule has 0 spiro atoms. The zero-order chi connectivity index (χ0) is 20.9. The van der Waals surface area contributed by atoms with Gasteiger partial charge in [0.05, 0.1) is 16.6 Å². The van der Waals surface area contributed by atoms with E-state index in [4.69, 9.17) is 0 Å². The maximum Gasteiger partial charge on any atom is 0.419 e. The summed E-state index contributed by atoms with van der Waals surface area (Å²) in [6.45, 7) is 1.59. The molecule has 1 aliphatic rings. The van der Waals surface area contributed by atoms with E-state index in [1.54, 1.807) is 6.92 Å². The highest BCUT2D eigenvalue weighted by Gasteiger charge is 2.34. The van der Waals surface area contributed by atoms with Crippen molar-refractivity contribution >= 4 is 22.9 Å². The zero-order valence-electron chi connectivity index (χ0n) is 14.8. The van der Waals surface area contributed by atoms with Crippen molar-refractivity contribution in [1.29, 1.82) is 0 Å². The molecule has 2 heterocycles. The van der Waals surface area contributed by atoms with Gasteiger partial charge in [0.25, 0.3) is 0 Å². The van der Waals surface area contributed by atoms with Gasteiger partial charge in [0.15, 0.2) is 11.6 Å². The van der Waals surface area contributed by atoms with E-state index in [0.717, 1.165) is 24.3 Å². The van der Waals surface area contributed by atoms with Crippen LogP contribution in [0.15, 0.2) is 47.6 Å². The fourth-order valence-corrected chi connectivity index (χ4v) is 3.21. The van der Waals surface area contributed by atoms with Crippen molar-refractivity contribution in [1.82, 2.24) is 9.55 Å². The number of aryl methyl sites for hydroxylation is 1. The lowest BCUT2D eigenvalue weighted by Crippen LogP contribution is -2.29. The summed E-state index contributed by atoms with van der Waals surface area (Å²) < 4.78 is 81.5. The first-order valence-corrected chi connectivity index (χ1v) is 8.35. The molecule has 1 aromatic heterocycles. The summed E-state index contributed by atoms with van der Waals surface area (Å²) in [7, 11) is 0. The van der Waals surface area contributed by atoms with Crippen molar-refractivity contribution < 1.29 is 26.3 Å². The highest BCUT2D eigenvalue weighted by molar-refractivity contribution is 5.78. The fraction of sp³-hybridized carbons (Fsp3) is 0.158. The van der Waals surface area contributed by atoms with Gasteiger partial charge in [0, 0.05) is 30.2 Å². The fourth-order valence-electron chi connectivity index (χ4n) is 3.21. The monoisotopic (exact) mass is 410 g/mol. The molecule has 10 heteroatoms. The molecule has 0 saturated carbocycles. The molecule has 3 aromatic rings. The summed E-state index contributed by atoms with van der Waals surface area (Å²) in [6, 6.07) is 4.40. The zero-order valence-corrected chi connectivity index (χ0v) is 14.8. The molecular formula is C19H12F6N4. The molecule has 0 saturated heterocycles. The van der Waals surface area contributed by atoms with E-state index in [1.807, 2.05) is 0 Å². The van der Waals surface area contributed by atoms with Crippen molar-refractivity contribution in [2.45, 2.75) is 19.4 Å². The molecule has 1 unspecified atom stereocenters. The molecule has 0 N–H and O–H groups in total. The first kappa shape index (κ1) is 19.0. The predicted molar refractivity (Wildman–Crippen MR) is 94.9 cm³/mol. The minimum Gasteiger partial charge on any atom is -0.308 e. The summed E-state index contributed by atoms with van der Waals surface area (Å²) in [5.41, 5.74) is -0.873. The van der Waals surface area contributed by atoms with Gasteiger partial charge in [-0.1, -0.05) is 0 Å². The number of hydrogen-bond donors (Lipinski definition) is 0. The van der Waals surface area contributed by atoms with Crippen LogP contribution in [0.5, 0.6) is 0 Å². The van der Waals surface area contributed by atoms with Gasteiger partial charge in [0.2, 0.25) is 6.29 Å². The predicted octanol–water partition coefficient (Wildman–Crippen LogP) is 5.34. The Morgan fingerprint density at radius 1 is 0.966 bits per heavy atom. The van der Waals surface area contributed by atoms with Crippen LogP contribution in [0.4, 0.5) is 32.0 Å². The van der Waals surface area contributed by atoms with Gasteiger partial charge in [-0.25, -0.2) is 23.1 Å². The Hall–Kier alpha value is -3.30. The summed E-state index contributed by atoms with van der Waals surface area (Å²) in [5, 5.41) is 0. The number of nitrogens with zero attached hydrogens (tertiary/aromatic N) is 4. The van der Waals surface area contributed by atoms with Crippen molar-refractivity contribution in [2.75, 3.05) is 4.90 Å². The van der Waals surface area contributed by atoms with E-state index in [-0.39, 0.29) is 16.7 Å². The third-order valence-corrected chi connectivity index (χ3v) is 4.50. The minimum atomic E-state index is -4.82. The number of rotatable bonds is 2. The average Bonchev–Trinajstić information content (AvgIpc) is 2.95. The molecule has 4 rings (SSSR count). The molecule has 2 aromatic carbocycles. The number of imidazole rings is 1. The molecule has 0 amide bonds. The number of benzene rings is 2. The van der Waals surface area contributed by atoms with E-state index < -0.39 is 35.5 Å². The summed E-state index contributed by atoms with van der Waals surface area (Å²) in [5.74, 6) is -3.21. The van der Waals surface area contributed by atoms with Crippen molar-refractivity contribution in [3.63, 3.8) is 0 Å². The molecule has 4 nitrogen and oxygen atoms in total. The number of aromatic nitrogens is 2. The first-order chi connectivity index (χ1) is 13.7. The van der Waals surface area contributed by atoms with Crippen molar-refractivity contribution in [2.24, 2.45) is 4.99 Å². The van der Waals surface area contributed by atoms with Crippen molar-refractivity contribution in [3.8, 4) is 0 Å². The lowest BCUT2D eigenvalue weighted by molar-refractivity contribution is -0.139. The second kappa shape index (κ2) is 6.64. The molecular weight excluding hydrogens is 398 g/mol. The minimum absolute atomic E-state index is 0.0948. The molecule has 1 atom stereocenters. The normalized spacial score (nSPS) is 16.8. The number of allylic oxidation sites excluding steroid dienone is 1. The Balaban J connectivity index is 1.83. The molecule has 0 aliphatic carbocycles. The van der Waals surface area contributed by atoms with Gasteiger partial charge < -0.3 is 4.90 Å². The maximum atomic E-state index is 14.1. The van der Waals surface area contributed by atoms with E-state index >= 15 is 0 Å². The van der Waals surface area contributed by atoms with E-state index in [2.05, 4.69) is 9.98 Å². The van der Waals surface area contributed by atoms with Crippen LogP contribution in [0.25, 0.3) is 11.0 Å². The summed E-state index contributed by atoms with van der Waals surface area (Å²) >= 11 is 0. The molecule has 29 heavy (non-hydrogen) atoms. The smallest absolute Gasteiger partial charge is 0.308 e. The van der Waals surface area contributed by atoms with Crippen LogP contribution in [0.2, 0.25) is 0 Å². The highest BCUT2D eigenvalue weighted by Crippen LogP contribution is 2.36. The summed E-state index contributed by atoms with van der Waals surface area (Å²) in [6.07, 6.45) is -1.30. The Morgan fingerprint density at radius 3 is 2.38 bits per heavy atom. The SMILES string of the molecule is Cc1nc2cc(F)c(F)cc2n1C1N=CC=CN1c1ccc(C(F)(F)F)c(F)c1. The van der Waals surface area contributed by atoms with Crippen LogP contribution in [-0.2, 0) is 6.18 Å². The summed E-state index contributed by atoms with van der Waals surface area (Å²) in [4.78, 5) is 9.86. The number of fused-ring (bicyclic) bond motifs is 1. The second-order valence-corrected chi connectivity index (χ2v) is 6.34. The number of aliphatic imine (C=N–C) groups is 1. The Kier molecular flexibility index (Phi) is 4.36. The molecule has 0 fully saturated rings. The topological polar surface area (TPSA) is 33.4 Å². The first-order valence-electron chi connectivity index (χ1n) is 8.35. The van der Waals surface area contributed by atoms with E-state index in [9.17, 15) is 26.3 Å². The largest absolute Gasteiger partial charge is 0.419 e. The molecule has 150 valence electrons. The number of alkyl halides is 3. The van der Waals surface area contributed by atoms with E-state index in [0.29, 0.717) is 11.9 Å². The van der Waals surface area contributed by atoms with Gasteiger partial charge >= 0.3 is 6.18 Å². The molecule has 0 bridgehead atoms. The van der Waals surface area contributed by atoms with Crippen molar-refractivity contribution in [3.05, 3.63) is 71.4 Å². The van der Waals surface area contributed by atoms with Crippen LogP contribution in [-0.4, -0.2) is 15.8 Å². The maximum absolute atomic E-state index is 14.1. The molecule has 1 aliphatic heterocycles. The lowest BCUT2D eigenvalue weighted by Gasteiger charge is -2.31. The lowest BCUT2D eigenvalue weighted by atomic mass is 10.1. The number of anilines is 1. The van der Waals surface area contributed by atoms with Crippen LogP contribution < -0.4 is 4.90 Å². The van der Waals surface area contributed by atoms with Gasteiger partial charge in [-0.05, 0) is 31.2 Å². The van der Waals surface area contributed by atoms with Gasteiger partial charge in [-0.15, -0.1) is 0 Å². The highest BCUT2D eigenvalue weighted by atomic mass is 19.4. The number of hydrogen-bond acceptors (Lipinski definition) is 3. The van der Waals surface area contributed by atoms with Crippen LogP contribution in [0.1, 0.15) is 17.7 Å². The average molecular weight is 410 g/mol. The number of halogens is 6. The Morgan fingerprint density at radius 2 is 1.69 bits per heavy atom. The van der Waals surface area contributed by atoms with Gasteiger partial charge in [-0.2, -0.15) is 13.2 Å². The van der Waals surface area contributed by atoms with Gasteiger partial charge in [-0.3, -0.25) is 4.57 Å². The standard InChI is InChI=1S/C19H12F6N4/c1-10-27-16-8-14(21)15(22)9-17(16)29(10)18-26-5-2-6-28(18)11-3-4-12(13(20)7-11)19(23,24)25/h2-9,18H,1H3. The quantitative estimate of drug-likeness (QED) is 0.535. The Labute approximate surface area is 160 Å². The third-order valence-electron chi connectivity index (χ3n) is 4.50. The van der Waals surface area contributed by atoms with Crippen LogP contribution in [0.3, 0.4) is 0 Å².